The predicted molar refractivity (Wildman–Crippen MR) is 94.8 cm³/mol. The number of carboxylic acid groups (broad SMARTS) is 1. The number of carbonyl (C=O) groups is 1. The maximum Gasteiger partial charge on any atom is 0.303 e. The summed E-state index contributed by atoms with van der Waals surface area (Å²) in [6, 6.07) is 17.3. The molecule has 5 heteroatoms. The van der Waals surface area contributed by atoms with Gasteiger partial charge in [0.05, 0.1) is 11.6 Å². The maximum atomic E-state index is 10.8. The van der Waals surface area contributed by atoms with Gasteiger partial charge in [0.25, 0.3) is 0 Å². The number of nitriles is 1. The standard InChI is InChI=1S/C19H21N3O2/c20-14-16-3-1-4-18(13-16)22(11-2-5-19(23)24)12-10-15-6-8-17(21)9-7-15/h1,3-4,6-9,13H,2,5,10-12,21H2,(H,23,24). The average Bonchev–Trinajstić information content (AvgIpc) is 2.59. The molecule has 0 bridgehead atoms. The summed E-state index contributed by atoms with van der Waals surface area (Å²) < 4.78 is 0. The van der Waals surface area contributed by atoms with E-state index < -0.39 is 5.97 Å². The van der Waals surface area contributed by atoms with Crippen LogP contribution in [0.4, 0.5) is 11.4 Å². The highest BCUT2D eigenvalue weighted by Crippen LogP contribution is 2.18. The van der Waals surface area contributed by atoms with E-state index in [1.54, 1.807) is 6.07 Å². The first-order chi connectivity index (χ1) is 11.6. The van der Waals surface area contributed by atoms with Crippen molar-refractivity contribution in [1.82, 2.24) is 0 Å². The second-order valence-electron chi connectivity index (χ2n) is 5.64. The van der Waals surface area contributed by atoms with Crippen LogP contribution in [0.1, 0.15) is 24.0 Å². The van der Waals surface area contributed by atoms with Crippen molar-refractivity contribution in [2.24, 2.45) is 0 Å². The van der Waals surface area contributed by atoms with Gasteiger partial charge in [-0.3, -0.25) is 4.79 Å². The van der Waals surface area contributed by atoms with Crippen molar-refractivity contribution in [2.75, 3.05) is 23.7 Å². The van der Waals surface area contributed by atoms with Crippen molar-refractivity contribution in [3.8, 4) is 6.07 Å². The van der Waals surface area contributed by atoms with Gasteiger partial charge < -0.3 is 15.7 Å². The molecule has 0 fully saturated rings. The van der Waals surface area contributed by atoms with Gasteiger partial charge in [-0.1, -0.05) is 18.2 Å². The lowest BCUT2D eigenvalue weighted by atomic mass is 10.1. The number of benzene rings is 2. The second-order valence-corrected chi connectivity index (χ2v) is 5.64. The number of nitrogens with zero attached hydrogens (tertiary/aromatic N) is 2. The van der Waals surface area contributed by atoms with Crippen molar-refractivity contribution in [3.05, 3.63) is 59.7 Å². The lowest BCUT2D eigenvalue weighted by Crippen LogP contribution is -2.27. The number of rotatable bonds is 8. The van der Waals surface area contributed by atoms with Gasteiger partial charge in [0, 0.05) is 30.9 Å². The Bertz CT molecular complexity index is 720. The molecule has 0 heterocycles. The molecule has 0 aromatic heterocycles. The molecular formula is C19H21N3O2. The Labute approximate surface area is 141 Å². The zero-order valence-corrected chi connectivity index (χ0v) is 13.5. The predicted octanol–water partition coefficient (Wildman–Crippen LogP) is 3.05. The van der Waals surface area contributed by atoms with E-state index in [1.807, 2.05) is 42.5 Å². The first kappa shape index (κ1) is 17.4. The molecule has 3 N–H and O–H groups in total. The van der Waals surface area contributed by atoms with Crippen LogP contribution in [0.15, 0.2) is 48.5 Å². The molecule has 2 aromatic carbocycles. The molecule has 24 heavy (non-hydrogen) atoms. The molecule has 0 saturated carbocycles. The topological polar surface area (TPSA) is 90.3 Å². The number of hydrogen-bond acceptors (Lipinski definition) is 4. The third-order valence-electron chi connectivity index (χ3n) is 3.81. The zero-order chi connectivity index (χ0) is 17.4. The summed E-state index contributed by atoms with van der Waals surface area (Å²) in [5, 5.41) is 17.9. The average molecular weight is 323 g/mol. The Balaban J connectivity index is 2.07. The van der Waals surface area contributed by atoms with Gasteiger partial charge in [-0.25, -0.2) is 0 Å². The first-order valence-corrected chi connectivity index (χ1v) is 7.90. The summed E-state index contributed by atoms with van der Waals surface area (Å²) in [5.74, 6) is -0.792. The van der Waals surface area contributed by atoms with Crippen LogP contribution in [0.3, 0.4) is 0 Å². The molecule has 0 amide bonds. The summed E-state index contributed by atoms with van der Waals surface area (Å²) in [5.41, 5.74) is 9.15. The molecule has 0 radical (unpaired) electrons. The largest absolute Gasteiger partial charge is 0.481 e. The molecular weight excluding hydrogens is 302 g/mol. The van der Waals surface area contributed by atoms with E-state index in [2.05, 4.69) is 11.0 Å². The molecule has 5 nitrogen and oxygen atoms in total. The van der Waals surface area contributed by atoms with Crippen molar-refractivity contribution in [2.45, 2.75) is 19.3 Å². The van der Waals surface area contributed by atoms with E-state index in [0.717, 1.165) is 24.3 Å². The van der Waals surface area contributed by atoms with Crippen LogP contribution in [0, 0.1) is 11.3 Å². The van der Waals surface area contributed by atoms with Gasteiger partial charge in [-0.2, -0.15) is 5.26 Å². The summed E-state index contributed by atoms with van der Waals surface area (Å²) in [6.45, 7) is 1.38. The fourth-order valence-corrected chi connectivity index (χ4v) is 2.51. The van der Waals surface area contributed by atoms with E-state index >= 15 is 0 Å². The first-order valence-electron chi connectivity index (χ1n) is 7.90. The molecule has 0 saturated heterocycles. The monoisotopic (exact) mass is 323 g/mol. The van der Waals surface area contributed by atoms with E-state index in [4.69, 9.17) is 16.1 Å². The SMILES string of the molecule is N#Cc1cccc(N(CCCC(=O)O)CCc2ccc(N)cc2)c1. The molecule has 0 aliphatic rings. The minimum Gasteiger partial charge on any atom is -0.481 e. The Kier molecular flexibility index (Phi) is 6.21. The fraction of sp³-hybridized carbons (Fsp3) is 0.263. The highest BCUT2D eigenvalue weighted by Gasteiger charge is 2.09. The van der Waals surface area contributed by atoms with E-state index in [0.29, 0.717) is 18.5 Å². The highest BCUT2D eigenvalue weighted by molar-refractivity contribution is 5.66. The van der Waals surface area contributed by atoms with Crippen molar-refractivity contribution < 1.29 is 9.90 Å². The van der Waals surface area contributed by atoms with Crippen LogP contribution >= 0.6 is 0 Å². The lowest BCUT2D eigenvalue weighted by molar-refractivity contribution is -0.137. The van der Waals surface area contributed by atoms with E-state index in [9.17, 15) is 4.79 Å². The van der Waals surface area contributed by atoms with Gasteiger partial charge >= 0.3 is 5.97 Å². The Morgan fingerprint density at radius 2 is 1.92 bits per heavy atom. The van der Waals surface area contributed by atoms with Crippen LogP contribution in [-0.4, -0.2) is 24.2 Å². The third-order valence-corrected chi connectivity index (χ3v) is 3.81. The van der Waals surface area contributed by atoms with Crippen LogP contribution in [-0.2, 0) is 11.2 Å². The Morgan fingerprint density at radius 3 is 2.58 bits per heavy atom. The third kappa shape index (κ3) is 5.33. The summed E-state index contributed by atoms with van der Waals surface area (Å²) in [4.78, 5) is 12.9. The summed E-state index contributed by atoms with van der Waals surface area (Å²) in [7, 11) is 0. The summed E-state index contributed by atoms with van der Waals surface area (Å²) >= 11 is 0. The van der Waals surface area contributed by atoms with Crippen molar-refractivity contribution in [3.63, 3.8) is 0 Å². The molecule has 2 aromatic rings. The van der Waals surface area contributed by atoms with Crippen LogP contribution in [0.5, 0.6) is 0 Å². The van der Waals surface area contributed by atoms with Gasteiger partial charge in [-0.05, 0) is 48.7 Å². The number of anilines is 2. The van der Waals surface area contributed by atoms with E-state index in [1.165, 1.54) is 5.56 Å². The number of nitrogens with two attached hydrogens (primary N) is 1. The summed E-state index contributed by atoms with van der Waals surface area (Å²) in [6.07, 6.45) is 1.52. The molecule has 2 rings (SSSR count). The smallest absolute Gasteiger partial charge is 0.303 e. The van der Waals surface area contributed by atoms with Crippen molar-refractivity contribution in [1.29, 1.82) is 5.26 Å². The van der Waals surface area contributed by atoms with Gasteiger partial charge in [0.15, 0.2) is 0 Å². The number of carboxylic acids is 1. The minimum atomic E-state index is -0.792. The number of nitrogen functional groups attached to an aromatic ring is 1. The molecule has 0 aliphatic carbocycles. The molecule has 0 spiro atoms. The Morgan fingerprint density at radius 1 is 1.17 bits per heavy atom. The zero-order valence-electron chi connectivity index (χ0n) is 13.5. The molecule has 0 unspecified atom stereocenters. The maximum absolute atomic E-state index is 10.8. The van der Waals surface area contributed by atoms with Gasteiger partial charge in [-0.15, -0.1) is 0 Å². The quantitative estimate of drug-likeness (QED) is 0.729. The van der Waals surface area contributed by atoms with Crippen LogP contribution < -0.4 is 10.6 Å². The fourth-order valence-electron chi connectivity index (χ4n) is 2.51. The van der Waals surface area contributed by atoms with E-state index in [-0.39, 0.29) is 6.42 Å². The van der Waals surface area contributed by atoms with Crippen molar-refractivity contribution >= 4 is 17.3 Å². The highest BCUT2D eigenvalue weighted by atomic mass is 16.4. The number of hydrogen-bond donors (Lipinski definition) is 2. The van der Waals surface area contributed by atoms with Gasteiger partial charge in [0.2, 0.25) is 0 Å². The molecule has 124 valence electrons. The minimum absolute atomic E-state index is 0.135. The lowest BCUT2D eigenvalue weighted by Gasteiger charge is -2.25. The van der Waals surface area contributed by atoms with Crippen LogP contribution in [0.2, 0.25) is 0 Å². The van der Waals surface area contributed by atoms with Gasteiger partial charge in [0.1, 0.15) is 0 Å². The second kappa shape index (κ2) is 8.59. The van der Waals surface area contributed by atoms with Crippen LogP contribution in [0.25, 0.3) is 0 Å². The Hall–Kier alpha value is -3.00. The molecule has 0 atom stereocenters. The normalized spacial score (nSPS) is 10.1. The number of aliphatic carboxylic acids is 1. The molecule has 0 aliphatic heterocycles.